The molecule has 1 aliphatic heterocycles. The zero-order chi connectivity index (χ0) is 21.6. The molecule has 2 atom stereocenters. The molecule has 2 aliphatic carbocycles. The summed E-state index contributed by atoms with van der Waals surface area (Å²) in [6.45, 7) is 3.01. The molecule has 31 heavy (non-hydrogen) atoms. The fourth-order valence-electron chi connectivity index (χ4n) is 5.81. The average Bonchev–Trinajstić information content (AvgIpc) is 2.78. The van der Waals surface area contributed by atoms with E-state index in [9.17, 15) is 14.7 Å². The Bertz CT molecular complexity index is 1070. The number of rotatable bonds is 3. The molecule has 5 rings (SSSR count). The van der Waals surface area contributed by atoms with Gasteiger partial charge in [0.05, 0.1) is 5.60 Å². The Kier molecular flexibility index (Phi) is 5.29. The van der Waals surface area contributed by atoms with Crippen molar-refractivity contribution < 1.29 is 19.1 Å². The molecule has 0 radical (unpaired) electrons. The van der Waals surface area contributed by atoms with Crippen molar-refractivity contribution in [1.82, 2.24) is 4.90 Å². The molecule has 166 valence electrons. The van der Waals surface area contributed by atoms with E-state index in [1.807, 2.05) is 24.0 Å². The molecule has 1 saturated carbocycles. The van der Waals surface area contributed by atoms with Gasteiger partial charge in [0.15, 0.2) is 6.61 Å². The first-order valence-electron chi connectivity index (χ1n) is 11.7. The topological polar surface area (TPSA) is 80.0 Å². The van der Waals surface area contributed by atoms with Gasteiger partial charge in [0.2, 0.25) is 0 Å². The number of aryl methyl sites for hydroxylation is 2. The van der Waals surface area contributed by atoms with E-state index in [0.717, 1.165) is 73.4 Å². The van der Waals surface area contributed by atoms with Crippen LogP contribution in [-0.4, -0.2) is 41.2 Å². The number of amides is 1. The summed E-state index contributed by atoms with van der Waals surface area (Å²) < 4.78 is 11.6. The van der Waals surface area contributed by atoms with Crippen molar-refractivity contribution in [2.45, 2.75) is 70.3 Å². The van der Waals surface area contributed by atoms with Crippen LogP contribution < -0.4 is 10.4 Å². The lowest BCUT2D eigenvalue weighted by Gasteiger charge is -2.47. The van der Waals surface area contributed by atoms with E-state index in [0.29, 0.717) is 30.8 Å². The summed E-state index contributed by atoms with van der Waals surface area (Å²) in [5.74, 6) is 0.687. The fraction of sp³-hybridized carbons (Fsp3) is 0.600. The molecule has 0 unspecified atom stereocenters. The summed E-state index contributed by atoms with van der Waals surface area (Å²) in [5, 5.41) is 11.8. The second-order valence-corrected chi connectivity index (χ2v) is 9.54. The molecule has 1 aromatic heterocycles. The monoisotopic (exact) mass is 425 g/mol. The first-order valence-corrected chi connectivity index (χ1v) is 11.7. The normalized spacial score (nSPS) is 25.7. The predicted octanol–water partition coefficient (Wildman–Crippen LogP) is 3.51. The van der Waals surface area contributed by atoms with E-state index < -0.39 is 5.60 Å². The second kappa shape index (κ2) is 7.97. The van der Waals surface area contributed by atoms with E-state index in [2.05, 4.69) is 0 Å². The number of hydrogen-bond acceptors (Lipinski definition) is 5. The predicted molar refractivity (Wildman–Crippen MR) is 117 cm³/mol. The quantitative estimate of drug-likeness (QED) is 0.762. The third-order valence-electron chi connectivity index (χ3n) is 7.72. The van der Waals surface area contributed by atoms with Crippen LogP contribution in [0.25, 0.3) is 11.0 Å². The maximum Gasteiger partial charge on any atom is 0.339 e. The molecule has 6 nitrogen and oxygen atoms in total. The molecule has 0 spiro atoms. The zero-order valence-corrected chi connectivity index (χ0v) is 18.2. The number of ether oxygens (including phenoxy) is 1. The summed E-state index contributed by atoms with van der Waals surface area (Å²) in [5.41, 5.74) is 2.41. The first kappa shape index (κ1) is 20.6. The standard InChI is InChI=1S/C25H31NO5/c1-16-21(10-9-19-18-7-2-3-8-20(18)24(28)31-23(16)19)30-15-22(27)26-13-12-25(29)11-5-4-6-17(25)14-26/h9-10,17,29H,2-8,11-15H2,1H3/t17-,25-/m0/s1. The van der Waals surface area contributed by atoms with Gasteiger partial charge in [-0.3, -0.25) is 4.79 Å². The summed E-state index contributed by atoms with van der Waals surface area (Å²) in [6.07, 6.45) is 8.47. The minimum atomic E-state index is -0.596. The van der Waals surface area contributed by atoms with E-state index >= 15 is 0 Å². The lowest BCUT2D eigenvalue weighted by molar-refractivity contribution is -0.145. The molecule has 2 aromatic rings. The summed E-state index contributed by atoms with van der Waals surface area (Å²) >= 11 is 0. The number of piperidine rings is 1. The van der Waals surface area contributed by atoms with Crippen LogP contribution in [0.3, 0.4) is 0 Å². The van der Waals surface area contributed by atoms with Gasteiger partial charge in [0.25, 0.3) is 5.91 Å². The number of nitrogens with zero attached hydrogens (tertiary/aromatic N) is 1. The number of carbonyl (C=O) groups excluding carboxylic acids is 1. The van der Waals surface area contributed by atoms with Crippen LogP contribution in [0.4, 0.5) is 0 Å². The highest BCUT2D eigenvalue weighted by molar-refractivity contribution is 5.86. The Morgan fingerprint density at radius 2 is 2.00 bits per heavy atom. The summed E-state index contributed by atoms with van der Waals surface area (Å²) in [7, 11) is 0. The van der Waals surface area contributed by atoms with Crippen molar-refractivity contribution in [2.75, 3.05) is 19.7 Å². The average molecular weight is 426 g/mol. The van der Waals surface area contributed by atoms with Crippen molar-refractivity contribution in [3.05, 3.63) is 39.2 Å². The van der Waals surface area contributed by atoms with E-state index in [1.54, 1.807) is 0 Å². The van der Waals surface area contributed by atoms with Crippen molar-refractivity contribution in [2.24, 2.45) is 5.92 Å². The number of benzene rings is 1. The number of carbonyl (C=O) groups is 1. The molecule has 3 aliphatic rings. The SMILES string of the molecule is Cc1c(OCC(=O)N2CC[C@@]3(O)CCCC[C@H]3C2)ccc2c3c(c(=O)oc12)CCCC3. The second-order valence-electron chi connectivity index (χ2n) is 9.54. The Balaban J connectivity index is 1.31. The first-order chi connectivity index (χ1) is 15.0. The van der Waals surface area contributed by atoms with Gasteiger partial charge in [0.1, 0.15) is 11.3 Å². The highest BCUT2D eigenvalue weighted by Gasteiger charge is 2.43. The summed E-state index contributed by atoms with van der Waals surface area (Å²) in [6, 6.07) is 3.84. The van der Waals surface area contributed by atoms with Gasteiger partial charge in [0, 0.05) is 35.5 Å². The van der Waals surface area contributed by atoms with Gasteiger partial charge in [-0.25, -0.2) is 4.79 Å². The Labute approximate surface area is 182 Å². The lowest BCUT2D eigenvalue weighted by atomic mass is 9.71. The van der Waals surface area contributed by atoms with Gasteiger partial charge >= 0.3 is 5.63 Å². The van der Waals surface area contributed by atoms with E-state index in [4.69, 9.17) is 9.15 Å². The van der Waals surface area contributed by atoms with Gasteiger partial charge < -0.3 is 19.2 Å². The zero-order valence-electron chi connectivity index (χ0n) is 18.2. The Hall–Kier alpha value is -2.34. The van der Waals surface area contributed by atoms with Crippen LogP contribution in [0.2, 0.25) is 0 Å². The Morgan fingerprint density at radius 3 is 2.84 bits per heavy atom. The molecule has 6 heteroatoms. The molecule has 1 saturated heterocycles. The van der Waals surface area contributed by atoms with Gasteiger partial charge in [-0.05, 0) is 69.6 Å². The highest BCUT2D eigenvalue weighted by atomic mass is 16.5. The number of fused-ring (bicyclic) bond motifs is 4. The van der Waals surface area contributed by atoms with Crippen molar-refractivity contribution in [1.29, 1.82) is 0 Å². The maximum atomic E-state index is 12.8. The molecule has 2 fully saturated rings. The fourth-order valence-corrected chi connectivity index (χ4v) is 5.81. The van der Waals surface area contributed by atoms with Crippen LogP contribution in [-0.2, 0) is 17.6 Å². The molecule has 1 amide bonds. The molecule has 2 heterocycles. The molecule has 1 N–H and O–H groups in total. The highest BCUT2D eigenvalue weighted by Crippen LogP contribution is 2.40. The maximum absolute atomic E-state index is 12.8. The van der Waals surface area contributed by atoms with Gasteiger partial charge in [-0.1, -0.05) is 12.8 Å². The lowest BCUT2D eigenvalue weighted by Crippen LogP contribution is -2.55. The number of likely N-dealkylation sites (tertiary alicyclic amines) is 1. The van der Waals surface area contributed by atoms with Crippen LogP contribution in [0.15, 0.2) is 21.3 Å². The third kappa shape index (κ3) is 3.65. The minimum absolute atomic E-state index is 0.0489. The van der Waals surface area contributed by atoms with Crippen molar-refractivity contribution in [3.8, 4) is 5.75 Å². The minimum Gasteiger partial charge on any atom is -0.483 e. The number of hydrogen-bond donors (Lipinski definition) is 1. The van der Waals surface area contributed by atoms with Crippen molar-refractivity contribution in [3.63, 3.8) is 0 Å². The largest absolute Gasteiger partial charge is 0.483 e. The van der Waals surface area contributed by atoms with Crippen LogP contribution >= 0.6 is 0 Å². The van der Waals surface area contributed by atoms with E-state index in [1.165, 1.54) is 0 Å². The van der Waals surface area contributed by atoms with Crippen LogP contribution in [0, 0.1) is 12.8 Å². The smallest absolute Gasteiger partial charge is 0.339 e. The molecular formula is C25H31NO5. The van der Waals surface area contributed by atoms with Crippen molar-refractivity contribution >= 4 is 16.9 Å². The molecule has 1 aromatic carbocycles. The molecular weight excluding hydrogens is 394 g/mol. The number of aliphatic hydroxyl groups is 1. The van der Waals surface area contributed by atoms with Gasteiger partial charge in [-0.15, -0.1) is 0 Å². The van der Waals surface area contributed by atoms with Gasteiger partial charge in [-0.2, -0.15) is 0 Å². The Morgan fingerprint density at radius 1 is 1.19 bits per heavy atom. The van der Waals surface area contributed by atoms with Crippen LogP contribution in [0.1, 0.15) is 61.6 Å². The molecule has 0 bridgehead atoms. The summed E-state index contributed by atoms with van der Waals surface area (Å²) in [4.78, 5) is 27.1. The van der Waals surface area contributed by atoms with Crippen LogP contribution in [0.5, 0.6) is 5.75 Å². The third-order valence-corrected chi connectivity index (χ3v) is 7.72. The van der Waals surface area contributed by atoms with E-state index in [-0.39, 0.29) is 24.1 Å².